The van der Waals surface area contributed by atoms with Crippen molar-refractivity contribution in [2.75, 3.05) is 16.8 Å². The van der Waals surface area contributed by atoms with Crippen molar-refractivity contribution in [3.05, 3.63) is 75.8 Å². The van der Waals surface area contributed by atoms with Gasteiger partial charge in [-0.05, 0) is 50.3 Å². The van der Waals surface area contributed by atoms with E-state index in [0.717, 1.165) is 42.1 Å². The minimum atomic E-state index is -3.00. The van der Waals surface area contributed by atoms with Gasteiger partial charge in [0.05, 0.1) is 46.7 Å². The molecule has 2 aliphatic rings. The van der Waals surface area contributed by atoms with Gasteiger partial charge in [0, 0.05) is 29.8 Å². The molecule has 2 amide bonds. The van der Waals surface area contributed by atoms with E-state index in [4.69, 9.17) is 11.6 Å². The van der Waals surface area contributed by atoms with E-state index in [1.54, 1.807) is 15.8 Å². The Bertz CT molecular complexity index is 1750. The number of carbonyl (C=O) groups is 2. The Hall–Kier alpha value is -4.39. The standard InChI is InChI=1S/C28H24ClF3N8O2/c1-12-13(2)26(39-10-15-6-18(15)28(39)42)38-37-24(12)14(3)40-11-16(7-34-40)35-27(41)21-9-33-8-20(36-21)22-17(25(31)32)4-5-19(29)23(22)30/h4-5,7-9,11,14-15,18,25H,6,10H2,1-3H3,(H,35,41)/t14?,15-,18-/m1/s1. The van der Waals surface area contributed by atoms with Crippen molar-refractivity contribution in [3.63, 3.8) is 0 Å². The highest BCUT2D eigenvalue weighted by atomic mass is 35.5. The van der Waals surface area contributed by atoms with Crippen LogP contribution in [-0.2, 0) is 4.79 Å². The molecule has 42 heavy (non-hydrogen) atoms. The van der Waals surface area contributed by atoms with E-state index in [0.29, 0.717) is 29.7 Å². The number of piperidine rings is 1. The second-order valence-electron chi connectivity index (χ2n) is 10.5. The Morgan fingerprint density at radius 3 is 2.64 bits per heavy atom. The average molecular weight is 597 g/mol. The van der Waals surface area contributed by atoms with Gasteiger partial charge in [-0.1, -0.05) is 17.7 Å². The van der Waals surface area contributed by atoms with E-state index in [1.807, 2.05) is 20.8 Å². The number of fused-ring (bicyclic) bond motifs is 1. The van der Waals surface area contributed by atoms with Gasteiger partial charge in [-0.2, -0.15) is 10.2 Å². The van der Waals surface area contributed by atoms with E-state index in [-0.39, 0.29) is 34.3 Å². The monoisotopic (exact) mass is 596 g/mol. The number of nitrogens with one attached hydrogen (secondary N) is 1. The molecule has 1 unspecified atom stereocenters. The third-order valence-electron chi connectivity index (χ3n) is 7.85. The van der Waals surface area contributed by atoms with Crippen LogP contribution in [-0.4, -0.2) is 48.3 Å². The van der Waals surface area contributed by atoms with Gasteiger partial charge >= 0.3 is 0 Å². The highest BCUT2D eigenvalue weighted by Crippen LogP contribution is 2.47. The van der Waals surface area contributed by atoms with Crippen molar-refractivity contribution in [3.8, 4) is 11.3 Å². The fraction of sp³-hybridized carbons (Fsp3) is 0.321. The largest absolute Gasteiger partial charge is 0.318 e. The quantitative estimate of drug-likeness (QED) is 0.307. The first-order valence-corrected chi connectivity index (χ1v) is 13.5. The normalized spacial score (nSPS) is 18.4. The van der Waals surface area contributed by atoms with Crippen molar-refractivity contribution in [2.24, 2.45) is 11.8 Å². The molecule has 4 aromatic rings. The molecule has 1 saturated heterocycles. The van der Waals surface area contributed by atoms with Gasteiger partial charge in [-0.3, -0.25) is 24.2 Å². The minimum absolute atomic E-state index is 0.104. The first kappa shape index (κ1) is 27.8. The molecule has 14 heteroatoms. The molecular weight excluding hydrogens is 573 g/mol. The minimum Gasteiger partial charge on any atom is -0.318 e. The number of alkyl halides is 2. The number of hydrogen-bond donors (Lipinski definition) is 1. The summed E-state index contributed by atoms with van der Waals surface area (Å²) in [5.74, 6) is -0.576. The summed E-state index contributed by atoms with van der Waals surface area (Å²) in [5, 5.41) is 15.4. The van der Waals surface area contributed by atoms with Gasteiger partial charge < -0.3 is 5.32 Å². The summed E-state index contributed by atoms with van der Waals surface area (Å²) in [4.78, 5) is 35.2. The van der Waals surface area contributed by atoms with Crippen LogP contribution in [0.3, 0.4) is 0 Å². The number of rotatable bonds is 7. The number of amides is 2. The highest BCUT2D eigenvalue weighted by Gasteiger charge is 2.53. The molecule has 6 rings (SSSR count). The lowest BCUT2D eigenvalue weighted by Crippen LogP contribution is -2.30. The molecule has 0 radical (unpaired) electrons. The fourth-order valence-corrected chi connectivity index (χ4v) is 5.43. The van der Waals surface area contributed by atoms with Crippen LogP contribution in [0.25, 0.3) is 11.3 Å². The maximum Gasteiger partial charge on any atom is 0.275 e. The molecule has 1 aliphatic heterocycles. The lowest BCUT2D eigenvalue weighted by atomic mass is 10.0. The molecule has 2 fully saturated rings. The van der Waals surface area contributed by atoms with Crippen LogP contribution in [0.1, 0.15) is 58.7 Å². The summed E-state index contributed by atoms with van der Waals surface area (Å²) in [6.45, 7) is 6.38. The molecule has 0 spiro atoms. The summed E-state index contributed by atoms with van der Waals surface area (Å²) in [7, 11) is 0. The number of nitrogens with zero attached hydrogens (tertiary/aromatic N) is 7. The van der Waals surface area contributed by atoms with Crippen LogP contribution < -0.4 is 10.2 Å². The first-order chi connectivity index (χ1) is 20.0. The summed E-state index contributed by atoms with van der Waals surface area (Å²) >= 11 is 5.81. The Kier molecular flexibility index (Phi) is 6.92. The van der Waals surface area contributed by atoms with Crippen LogP contribution in [0.2, 0.25) is 5.02 Å². The molecule has 3 aromatic heterocycles. The molecule has 3 atom stereocenters. The van der Waals surface area contributed by atoms with E-state index in [2.05, 4.69) is 30.6 Å². The van der Waals surface area contributed by atoms with Gasteiger partial charge in [-0.15, -0.1) is 5.10 Å². The summed E-state index contributed by atoms with van der Waals surface area (Å²) in [6, 6.07) is 1.68. The van der Waals surface area contributed by atoms with Crippen LogP contribution in [0.15, 0.2) is 36.9 Å². The molecule has 1 aromatic carbocycles. The summed E-state index contributed by atoms with van der Waals surface area (Å²) in [6.07, 6.45) is 3.18. The molecule has 1 N–H and O–H groups in total. The van der Waals surface area contributed by atoms with Gasteiger partial charge in [0.15, 0.2) is 11.6 Å². The lowest BCUT2D eigenvalue weighted by Gasteiger charge is -2.22. The van der Waals surface area contributed by atoms with Crippen molar-refractivity contribution in [2.45, 2.75) is 39.7 Å². The zero-order chi connectivity index (χ0) is 29.9. The van der Waals surface area contributed by atoms with Crippen molar-refractivity contribution in [1.82, 2.24) is 29.9 Å². The van der Waals surface area contributed by atoms with Crippen LogP contribution in [0, 0.1) is 31.5 Å². The SMILES string of the molecule is Cc1c(C(C)n2cc(NC(=O)c3cncc(-c4c(C(F)F)ccc(Cl)c4F)n3)cn2)nnc(N2C[C@H]3C[C@H]3C2=O)c1C. The third kappa shape index (κ3) is 4.77. The van der Waals surface area contributed by atoms with E-state index >= 15 is 0 Å². The predicted molar refractivity (Wildman–Crippen MR) is 147 cm³/mol. The topological polar surface area (TPSA) is 119 Å². The number of benzene rings is 1. The first-order valence-electron chi connectivity index (χ1n) is 13.1. The fourth-order valence-electron chi connectivity index (χ4n) is 5.27. The van der Waals surface area contributed by atoms with Crippen LogP contribution in [0.4, 0.5) is 24.7 Å². The molecule has 0 bridgehead atoms. The molecule has 216 valence electrons. The lowest BCUT2D eigenvalue weighted by molar-refractivity contribution is -0.118. The number of carbonyl (C=O) groups excluding carboxylic acids is 2. The predicted octanol–water partition coefficient (Wildman–Crippen LogP) is 5.32. The van der Waals surface area contributed by atoms with Crippen molar-refractivity contribution >= 4 is 34.9 Å². The molecule has 1 aliphatic carbocycles. The van der Waals surface area contributed by atoms with Gasteiger partial charge in [0.2, 0.25) is 5.91 Å². The Labute approximate surface area is 242 Å². The maximum atomic E-state index is 14.7. The molecule has 10 nitrogen and oxygen atoms in total. The summed E-state index contributed by atoms with van der Waals surface area (Å²) < 4.78 is 43.4. The zero-order valence-electron chi connectivity index (χ0n) is 22.6. The Balaban J connectivity index is 1.20. The van der Waals surface area contributed by atoms with E-state index in [1.165, 1.54) is 6.20 Å². The number of aromatic nitrogens is 6. The average Bonchev–Trinajstić information content (AvgIpc) is 3.47. The van der Waals surface area contributed by atoms with E-state index < -0.39 is 29.3 Å². The molecular formula is C28H24ClF3N8O2. The third-order valence-corrected chi connectivity index (χ3v) is 8.14. The van der Waals surface area contributed by atoms with Gasteiger partial charge in [0.1, 0.15) is 5.69 Å². The molecule has 4 heterocycles. The summed E-state index contributed by atoms with van der Waals surface area (Å²) in [5.41, 5.74) is 1.09. The van der Waals surface area contributed by atoms with Crippen LogP contribution in [0.5, 0.6) is 0 Å². The van der Waals surface area contributed by atoms with Crippen LogP contribution >= 0.6 is 11.6 Å². The Morgan fingerprint density at radius 1 is 1.14 bits per heavy atom. The van der Waals surface area contributed by atoms with Crippen molar-refractivity contribution < 1.29 is 22.8 Å². The van der Waals surface area contributed by atoms with E-state index in [9.17, 15) is 22.8 Å². The second-order valence-corrected chi connectivity index (χ2v) is 10.9. The van der Waals surface area contributed by atoms with Gasteiger partial charge in [-0.25, -0.2) is 18.2 Å². The number of halogens is 4. The zero-order valence-corrected chi connectivity index (χ0v) is 23.4. The number of anilines is 2. The second kappa shape index (κ2) is 10.5. The number of hydrogen-bond acceptors (Lipinski definition) is 7. The van der Waals surface area contributed by atoms with Crippen molar-refractivity contribution in [1.29, 1.82) is 0 Å². The maximum absolute atomic E-state index is 14.7. The molecule has 1 saturated carbocycles. The smallest absolute Gasteiger partial charge is 0.275 e. The highest BCUT2D eigenvalue weighted by molar-refractivity contribution is 6.31. The van der Waals surface area contributed by atoms with Gasteiger partial charge in [0.25, 0.3) is 12.3 Å². The Morgan fingerprint density at radius 2 is 1.93 bits per heavy atom.